The molecule has 5 heteroatoms. The lowest BCUT2D eigenvalue weighted by Crippen LogP contribution is -2.43. The van der Waals surface area contributed by atoms with Crippen molar-refractivity contribution in [3.8, 4) is 22.6 Å². The molecule has 0 spiro atoms. The molecule has 1 fully saturated rings. The maximum atomic E-state index is 13.0. The van der Waals surface area contributed by atoms with Gasteiger partial charge in [-0.25, -0.2) is 0 Å². The molecule has 2 aliphatic rings. The molecule has 2 aromatic carbocycles. The maximum absolute atomic E-state index is 13.0. The minimum Gasteiger partial charge on any atom is -0.456 e. The summed E-state index contributed by atoms with van der Waals surface area (Å²) >= 11 is 0. The van der Waals surface area contributed by atoms with Crippen LogP contribution in [0.5, 0.6) is 11.5 Å². The number of hydrogen-bond donors (Lipinski definition) is 1. The summed E-state index contributed by atoms with van der Waals surface area (Å²) in [6.45, 7) is 2.14. The number of aromatic nitrogens is 2. The number of carbonyl (C=O) groups excluding carboxylic acids is 1. The molecule has 28 heavy (non-hydrogen) atoms. The molecule has 1 aliphatic carbocycles. The predicted molar refractivity (Wildman–Crippen MR) is 109 cm³/mol. The van der Waals surface area contributed by atoms with Crippen LogP contribution in [0.15, 0.2) is 54.9 Å². The zero-order valence-corrected chi connectivity index (χ0v) is 15.9. The van der Waals surface area contributed by atoms with Gasteiger partial charge in [-0.05, 0) is 56.9 Å². The normalized spacial score (nSPS) is 18.6. The van der Waals surface area contributed by atoms with Crippen molar-refractivity contribution in [2.45, 2.75) is 38.6 Å². The highest BCUT2D eigenvalue weighted by Gasteiger charge is 2.39. The number of para-hydroxylation sites is 1. The van der Waals surface area contributed by atoms with Gasteiger partial charge in [0.2, 0.25) is 5.91 Å². The van der Waals surface area contributed by atoms with Crippen LogP contribution in [0, 0.1) is 5.92 Å². The summed E-state index contributed by atoms with van der Waals surface area (Å²) in [5.41, 5.74) is 4.07. The van der Waals surface area contributed by atoms with Crippen LogP contribution in [0.4, 0.5) is 5.69 Å². The number of aromatic amines is 1. The summed E-state index contributed by atoms with van der Waals surface area (Å²) in [6.07, 6.45) is 7.52. The molecule has 142 valence electrons. The molecule has 0 saturated heterocycles. The van der Waals surface area contributed by atoms with Gasteiger partial charge in [-0.15, -0.1) is 0 Å². The Hall–Kier alpha value is -3.08. The molecule has 0 radical (unpaired) electrons. The smallest absolute Gasteiger partial charge is 0.230 e. The van der Waals surface area contributed by atoms with E-state index < -0.39 is 0 Å². The molecule has 1 N–H and O–H groups in total. The number of rotatable bonds is 4. The van der Waals surface area contributed by atoms with Gasteiger partial charge in [0.25, 0.3) is 0 Å². The minimum atomic E-state index is 0.195. The zero-order chi connectivity index (χ0) is 19.1. The van der Waals surface area contributed by atoms with Crippen molar-refractivity contribution in [3.05, 3.63) is 60.4 Å². The van der Waals surface area contributed by atoms with Crippen LogP contribution in [-0.2, 0) is 11.2 Å². The maximum Gasteiger partial charge on any atom is 0.230 e. The Kier molecular flexibility index (Phi) is 4.15. The van der Waals surface area contributed by atoms with Gasteiger partial charge in [0.15, 0.2) is 0 Å². The third kappa shape index (κ3) is 2.97. The van der Waals surface area contributed by atoms with Crippen LogP contribution in [-0.4, -0.2) is 22.1 Å². The third-order valence-electron chi connectivity index (χ3n) is 5.68. The first-order valence-corrected chi connectivity index (χ1v) is 9.93. The molecular formula is C23H23N3O2. The molecule has 1 atom stereocenters. The van der Waals surface area contributed by atoms with E-state index >= 15 is 0 Å². The van der Waals surface area contributed by atoms with Gasteiger partial charge >= 0.3 is 0 Å². The lowest BCUT2D eigenvalue weighted by Gasteiger charge is -2.36. The van der Waals surface area contributed by atoms with Crippen molar-refractivity contribution in [2.75, 3.05) is 4.90 Å². The van der Waals surface area contributed by atoms with E-state index in [2.05, 4.69) is 23.2 Å². The van der Waals surface area contributed by atoms with Crippen LogP contribution in [0.25, 0.3) is 11.1 Å². The molecule has 0 bridgehead atoms. The van der Waals surface area contributed by atoms with Crippen molar-refractivity contribution < 1.29 is 9.53 Å². The van der Waals surface area contributed by atoms with Crippen molar-refractivity contribution in [1.29, 1.82) is 0 Å². The number of amides is 1. The first-order valence-electron chi connectivity index (χ1n) is 9.93. The lowest BCUT2D eigenvalue weighted by atomic mass is 9.92. The summed E-state index contributed by atoms with van der Waals surface area (Å²) in [5, 5.41) is 6.99. The number of nitrogens with one attached hydrogen (secondary N) is 1. The van der Waals surface area contributed by atoms with Gasteiger partial charge in [0.1, 0.15) is 11.5 Å². The fourth-order valence-electron chi connectivity index (χ4n) is 4.02. The quantitative estimate of drug-likeness (QED) is 0.704. The van der Waals surface area contributed by atoms with Crippen molar-refractivity contribution >= 4 is 11.6 Å². The van der Waals surface area contributed by atoms with E-state index in [0.717, 1.165) is 59.6 Å². The van der Waals surface area contributed by atoms with Gasteiger partial charge in [-0.2, -0.15) is 5.10 Å². The van der Waals surface area contributed by atoms with Crippen LogP contribution < -0.4 is 9.64 Å². The fourth-order valence-corrected chi connectivity index (χ4v) is 4.02. The van der Waals surface area contributed by atoms with Crippen molar-refractivity contribution in [2.24, 2.45) is 5.92 Å². The topological polar surface area (TPSA) is 58.2 Å². The Morgan fingerprint density at radius 1 is 1.14 bits per heavy atom. The second-order valence-corrected chi connectivity index (χ2v) is 7.71. The van der Waals surface area contributed by atoms with E-state index in [9.17, 15) is 4.79 Å². The average Bonchev–Trinajstić information content (AvgIpc) is 3.43. The first kappa shape index (κ1) is 17.0. The van der Waals surface area contributed by atoms with Gasteiger partial charge in [-0.1, -0.05) is 18.2 Å². The van der Waals surface area contributed by atoms with Gasteiger partial charge in [0, 0.05) is 34.8 Å². The standard InChI is InChI=1S/C23H23N3O2/c1-15-7-10-20-21(26(15)23(27)16-8-9-16)12-11-19(17-13-24-25-14-17)22(20)28-18-5-3-2-4-6-18/h2-6,11-16H,7-10H2,1H3,(H,24,25). The highest BCUT2D eigenvalue weighted by molar-refractivity contribution is 5.99. The Morgan fingerprint density at radius 3 is 2.68 bits per heavy atom. The van der Waals surface area contributed by atoms with Gasteiger partial charge < -0.3 is 9.64 Å². The summed E-state index contributed by atoms with van der Waals surface area (Å²) < 4.78 is 6.39. The number of fused-ring (bicyclic) bond motifs is 1. The number of benzene rings is 2. The molecule has 2 heterocycles. The largest absolute Gasteiger partial charge is 0.456 e. The highest BCUT2D eigenvalue weighted by atomic mass is 16.5. The van der Waals surface area contributed by atoms with Crippen molar-refractivity contribution in [1.82, 2.24) is 10.2 Å². The Balaban J connectivity index is 1.65. The molecule has 1 saturated carbocycles. The molecular weight excluding hydrogens is 350 g/mol. The summed E-state index contributed by atoms with van der Waals surface area (Å²) in [6, 6.07) is 14.2. The zero-order valence-electron chi connectivity index (χ0n) is 15.9. The number of hydrogen-bond acceptors (Lipinski definition) is 3. The molecule has 1 aliphatic heterocycles. The van der Waals surface area contributed by atoms with E-state index in [4.69, 9.17) is 4.74 Å². The lowest BCUT2D eigenvalue weighted by molar-refractivity contribution is -0.120. The van der Waals surface area contributed by atoms with Crippen molar-refractivity contribution in [3.63, 3.8) is 0 Å². The second kappa shape index (κ2) is 6.82. The first-order chi connectivity index (χ1) is 13.7. The van der Waals surface area contributed by atoms with E-state index in [0.29, 0.717) is 0 Å². The highest BCUT2D eigenvalue weighted by Crippen LogP contribution is 2.46. The Morgan fingerprint density at radius 2 is 1.96 bits per heavy atom. The second-order valence-electron chi connectivity index (χ2n) is 7.71. The van der Waals surface area contributed by atoms with Crippen LogP contribution >= 0.6 is 0 Å². The Labute approximate surface area is 164 Å². The number of carbonyl (C=O) groups is 1. The average molecular weight is 373 g/mol. The molecule has 3 aromatic rings. The van der Waals surface area contributed by atoms with Gasteiger partial charge in [-0.3, -0.25) is 9.89 Å². The monoisotopic (exact) mass is 373 g/mol. The van der Waals surface area contributed by atoms with Crippen LogP contribution in [0.3, 0.4) is 0 Å². The number of anilines is 1. The summed E-state index contributed by atoms with van der Waals surface area (Å²) in [4.78, 5) is 15.0. The van der Waals surface area contributed by atoms with E-state index in [1.165, 1.54) is 0 Å². The molecule has 5 nitrogen and oxygen atoms in total. The Bertz CT molecular complexity index is 994. The number of nitrogens with zero attached hydrogens (tertiary/aromatic N) is 2. The minimum absolute atomic E-state index is 0.195. The van der Waals surface area contributed by atoms with E-state index in [1.807, 2.05) is 47.5 Å². The fraction of sp³-hybridized carbons (Fsp3) is 0.304. The van der Waals surface area contributed by atoms with E-state index in [1.54, 1.807) is 6.20 Å². The van der Waals surface area contributed by atoms with Crippen LogP contribution in [0.1, 0.15) is 31.7 Å². The predicted octanol–water partition coefficient (Wildman–Crippen LogP) is 4.95. The SMILES string of the molecule is CC1CCc2c(ccc(-c3cn[nH]c3)c2Oc2ccccc2)N1C(=O)C1CC1. The summed E-state index contributed by atoms with van der Waals surface area (Å²) in [7, 11) is 0. The molecule has 5 rings (SSSR count). The number of ether oxygens (including phenoxy) is 1. The van der Waals surface area contributed by atoms with E-state index in [-0.39, 0.29) is 17.9 Å². The molecule has 1 amide bonds. The van der Waals surface area contributed by atoms with Crippen LogP contribution in [0.2, 0.25) is 0 Å². The summed E-state index contributed by atoms with van der Waals surface area (Å²) in [5.74, 6) is 2.07. The molecule has 1 aromatic heterocycles. The third-order valence-corrected chi connectivity index (χ3v) is 5.68. The van der Waals surface area contributed by atoms with Gasteiger partial charge in [0.05, 0.1) is 11.9 Å². The number of H-pyrrole nitrogens is 1. The molecule has 1 unspecified atom stereocenters.